The first kappa shape index (κ1) is 60.5. The lowest BCUT2D eigenvalue weighted by atomic mass is 9.89. The van der Waals surface area contributed by atoms with Crippen LogP contribution in [0.1, 0.15) is 38.9 Å². The summed E-state index contributed by atoms with van der Waals surface area (Å²) in [6, 6.07) is 73.5. The average molecular weight is 1220 g/mol. The molecular formula is C80H72N4O8+2. The van der Waals surface area contributed by atoms with Gasteiger partial charge in [0, 0.05) is 28.3 Å². The van der Waals surface area contributed by atoms with E-state index in [1.165, 1.54) is 0 Å². The number of aliphatic hydroxyl groups is 4. The molecule has 1 aromatic heterocycles. The molecule has 0 saturated carbocycles. The molecule has 0 aliphatic carbocycles. The Kier molecular flexibility index (Phi) is 17.0. The number of ether oxygens (including phenoxy) is 4. The Labute approximate surface area is 536 Å². The van der Waals surface area contributed by atoms with E-state index in [0.29, 0.717) is 38.6 Å². The zero-order valence-corrected chi connectivity index (χ0v) is 52.4. The van der Waals surface area contributed by atoms with E-state index >= 15 is 0 Å². The SMILES string of the molecule is COc1cc(-c2cc3cc(CO)c(CO)cc3c3[n+]2CCN3C)cc(-c2cc(-c3ccccc3)cc(-c3ccccc3)c2)c1OC.COc1cc(C2=Cc3cc(CO)c(CO)cc3C3=NC=C[N+]23C)cc(-c2cc(-c3ccccc3)cc(-c3ccccc3)c2)c1OC. The highest BCUT2D eigenvalue weighted by Gasteiger charge is 2.43. The molecular weight excluding hydrogens is 1140 g/mol. The molecule has 0 radical (unpaired) electrons. The fraction of sp³-hybridized carbons (Fsp3) is 0.150. The Balaban J connectivity index is 0.000000168. The molecule has 1 unspecified atom stereocenters. The summed E-state index contributed by atoms with van der Waals surface area (Å²) in [4.78, 5) is 7.04. The highest BCUT2D eigenvalue weighted by Crippen LogP contribution is 2.49. The quantitative estimate of drug-likeness (QED) is 0.0550. The molecule has 0 fully saturated rings. The number of aromatic nitrogens is 1. The lowest BCUT2D eigenvalue weighted by molar-refractivity contribution is -0.680. The van der Waals surface area contributed by atoms with Crippen LogP contribution in [0, 0.1) is 0 Å². The lowest BCUT2D eigenvalue weighted by Gasteiger charge is -2.34. The minimum Gasteiger partial charge on any atom is -0.493 e. The second-order valence-corrected chi connectivity index (χ2v) is 23.4. The molecule has 10 aromatic carbocycles. The first-order valence-corrected chi connectivity index (χ1v) is 30.7. The zero-order chi connectivity index (χ0) is 63.6. The molecule has 1 atom stereocenters. The minimum atomic E-state index is -0.162. The highest BCUT2D eigenvalue weighted by molar-refractivity contribution is 6.07. The summed E-state index contributed by atoms with van der Waals surface area (Å²) in [5.41, 5.74) is 21.5. The summed E-state index contributed by atoms with van der Waals surface area (Å²) >= 11 is 0. The van der Waals surface area contributed by atoms with E-state index in [4.69, 9.17) is 23.9 Å². The molecule has 14 rings (SSSR count). The van der Waals surface area contributed by atoms with E-state index in [2.05, 4.69) is 187 Å². The van der Waals surface area contributed by atoms with Crippen LogP contribution in [-0.2, 0) is 33.0 Å². The van der Waals surface area contributed by atoms with Gasteiger partial charge in [-0.15, -0.1) is 0 Å². The summed E-state index contributed by atoms with van der Waals surface area (Å²) in [5, 5.41) is 42.2. The smallest absolute Gasteiger partial charge is 0.285 e. The number of rotatable bonds is 16. The number of anilines is 1. The number of quaternary nitrogens is 1. The summed E-state index contributed by atoms with van der Waals surface area (Å²) in [5.74, 6) is 4.52. The Bertz CT molecular complexity index is 4590. The molecule has 0 amide bonds. The van der Waals surface area contributed by atoms with Crippen molar-refractivity contribution in [1.82, 2.24) is 0 Å². The van der Waals surface area contributed by atoms with Gasteiger partial charge in [-0.25, -0.2) is 9.05 Å². The first-order valence-electron chi connectivity index (χ1n) is 30.7. The Morgan fingerprint density at radius 1 is 0.446 bits per heavy atom. The van der Waals surface area contributed by atoms with Crippen LogP contribution in [0.5, 0.6) is 23.0 Å². The predicted molar refractivity (Wildman–Crippen MR) is 368 cm³/mol. The molecule has 458 valence electrons. The Morgan fingerprint density at radius 3 is 1.35 bits per heavy atom. The van der Waals surface area contributed by atoms with Crippen molar-refractivity contribution in [3.05, 3.63) is 264 Å². The van der Waals surface area contributed by atoms with Crippen molar-refractivity contribution >= 4 is 34.2 Å². The summed E-state index contributed by atoms with van der Waals surface area (Å²) < 4.78 is 26.7. The number of pyridine rings is 1. The summed E-state index contributed by atoms with van der Waals surface area (Å²) in [6.45, 7) is 1.11. The molecule has 92 heavy (non-hydrogen) atoms. The predicted octanol–water partition coefficient (Wildman–Crippen LogP) is 15.1. The van der Waals surface area contributed by atoms with Gasteiger partial charge < -0.3 is 39.4 Å². The molecule has 12 heteroatoms. The van der Waals surface area contributed by atoms with Gasteiger partial charge in [-0.1, -0.05) is 121 Å². The molecule has 4 N–H and O–H groups in total. The van der Waals surface area contributed by atoms with Gasteiger partial charge in [0.05, 0.1) is 86.1 Å². The van der Waals surface area contributed by atoms with Crippen LogP contribution < -0.4 is 28.4 Å². The van der Waals surface area contributed by atoms with Crippen molar-refractivity contribution in [3.63, 3.8) is 0 Å². The third-order valence-corrected chi connectivity index (χ3v) is 18.0. The normalized spacial score (nSPS) is 14.4. The number of benzene rings is 10. The number of aliphatic imine (C=N–C) groups is 1. The van der Waals surface area contributed by atoms with Crippen LogP contribution in [0.25, 0.3) is 101 Å². The highest BCUT2D eigenvalue weighted by atomic mass is 16.5. The molecule has 12 nitrogen and oxygen atoms in total. The van der Waals surface area contributed by atoms with E-state index in [9.17, 15) is 20.4 Å². The van der Waals surface area contributed by atoms with Gasteiger partial charge in [-0.3, -0.25) is 4.90 Å². The van der Waals surface area contributed by atoms with E-state index in [-0.39, 0.29) is 26.4 Å². The van der Waals surface area contributed by atoms with Crippen molar-refractivity contribution in [2.75, 3.05) is 54.0 Å². The van der Waals surface area contributed by atoms with Gasteiger partial charge >= 0.3 is 0 Å². The standard InChI is InChI=1S/C40H35N2O4.C40H37N2O4/c1-42-15-14-41-40(42)36-21-34(25-44)33(24-43)19-31(36)22-37(42)32-20-35(39(46-3)38(23-32)45-2)30-17-28(26-10-6-4-7-11-26)16-29(18-30)27-12-8-5-9-13-27;1-41-14-15-42-37(22-31-19-33(24-43)34(25-44)21-36(31)40(41)42)32-20-35(39(46-3)38(23-32)45-2)30-17-28(26-10-6-4-7-11-26)16-29(18-30)27-12-8-5-9-13-27/h4-23,43-44H,24-25H2,1-3H3;4-13,16-23,43-44H,14-15,24-25H2,1-3H3/q2*+1. The molecule has 4 heterocycles. The average Bonchev–Trinajstić information content (AvgIpc) is 1.40. The Hall–Kier alpha value is -10.4. The first-order chi connectivity index (χ1) is 45.0. The van der Waals surface area contributed by atoms with Crippen molar-refractivity contribution in [2.24, 2.45) is 4.99 Å². The third-order valence-electron chi connectivity index (χ3n) is 18.0. The van der Waals surface area contributed by atoms with Crippen molar-refractivity contribution < 1.29 is 48.4 Å². The van der Waals surface area contributed by atoms with Gasteiger partial charge in [0.15, 0.2) is 28.7 Å². The van der Waals surface area contributed by atoms with Gasteiger partial charge in [-0.2, -0.15) is 4.99 Å². The molecule has 0 bridgehead atoms. The minimum absolute atomic E-state index is 0.122. The number of nitrogens with zero attached hydrogens (tertiary/aromatic N) is 4. The van der Waals surface area contributed by atoms with E-state index < -0.39 is 0 Å². The largest absolute Gasteiger partial charge is 0.493 e. The van der Waals surface area contributed by atoms with Crippen LogP contribution >= 0.6 is 0 Å². The van der Waals surface area contributed by atoms with Crippen LogP contribution in [0.4, 0.5) is 5.82 Å². The number of hydrogen-bond acceptors (Lipinski definition) is 10. The topological polar surface area (TPSA) is 137 Å². The molecule has 3 aliphatic rings. The molecule has 3 aliphatic heterocycles. The summed E-state index contributed by atoms with van der Waals surface area (Å²) in [7, 11) is 10.9. The second-order valence-electron chi connectivity index (χ2n) is 23.4. The van der Waals surface area contributed by atoms with Crippen LogP contribution in [-0.4, -0.2) is 79.8 Å². The molecule has 0 saturated heterocycles. The molecule has 0 spiro atoms. The number of amidine groups is 1. The van der Waals surface area contributed by atoms with Crippen LogP contribution in [0.2, 0.25) is 0 Å². The van der Waals surface area contributed by atoms with Gasteiger partial charge in [-0.05, 0) is 180 Å². The monoisotopic (exact) mass is 1220 g/mol. The number of likely N-dealkylation sites (N-methyl/N-ethyl adjacent to an activating group) is 1. The third kappa shape index (κ3) is 11.2. The van der Waals surface area contributed by atoms with Crippen LogP contribution in [0.15, 0.2) is 230 Å². The maximum atomic E-state index is 10.1. The van der Waals surface area contributed by atoms with Gasteiger partial charge in [0.25, 0.3) is 5.82 Å². The fourth-order valence-electron chi connectivity index (χ4n) is 13.3. The number of methoxy groups -OCH3 is 4. The maximum absolute atomic E-state index is 10.1. The van der Waals surface area contributed by atoms with Gasteiger partial charge in [0.1, 0.15) is 25.0 Å². The lowest BCUT2D eigenvalue weighted by Crippen LogP contribution is -2.43. The van der Waals surface area contributed by atoms with Crippen LogP contribution in [0.3, 0.4) is 0 Å². The number of fused-ring (bicyclic) bond motifs is 6. The van der Waals surface area contributed by atoms with E-state index in [0.717, 1.165) is 147 Å². The Morgan fingerprint density at radius 2 is 0.880 bits per heavy atom. The second kappa shape index (κ2) is 25.8. The fourth-order valence-corrected chi connectivity index (χ4v) is 13.3. The van der Waals surface area contributed by atoms with E-state index in [1.807, 2.05) is 66.9 Å². The maximum Gasteiger partial charge on any atom is 0.285 e. The van der Waals surface area contributed by atoms with Crippen molar-refractivity contribution in [1.29, 1.82) is 0 Å². The van der Waals surface area contributed by atoms with E-state index in [1.54, 1.807) is 28.4 Å². The number of aliphatic hydroxyl groups excluding tert-OH is 4. The zero-order valence-electron chi connectivity index (χ0n) is 52.4. The van der Waals surface area contributed by atoms with Crippen molar-refractivity contribution in [2.45, 2.75) is 33.0 Å². The molecule has 11 aromatic rings. The number of hydrogen-bond donors (Lipinski definition) is 4. The van der Waals surface area contributed by atoms with Gasteiger partial charge in [0.2, 0.25) is 5.84 Å². The van der Waals surface area contributed by atoms with Crippen molar-refractivity contribution in [3.8, 4) is 101 Å². The summed E-state index contributed by atoms with van der Waals surface area (Å²) in [6.07, 6.45) is 6.03.